The summed E-state index contributed by atoms with van der Waals surface area (Å²) in [5, 5.41) is 4.25. The molecule has 0 amide bonds. The second-order valence-electron chi connectivity index (χ2n) is 7.59. The Labute approximate surface area is 204 Å². The number of halogens is 2. The number of nitrogens with zero attached hydrogens (tertiary/aromatic N) is 4. The van der Waals surface area contributed by atoms with Crippen molar-refractivity contribution in [2.75, 3.05) is 5.32 Å². The summed E-state index contributed by atoms with van der Waals surface area (Å²) < 4.78 is 14.3. The van der Waals surface area contributed by atoms with Crippen LogP contribution in [0.5, 0.6) is 0 Å². The highest BCUT2D eigenvalue weighted by molar-refractivity contribution is 14.1. The molecule has 1 atom stereocenters. The van der Waals surface area contributed by atoms with Gasteiger partial charge in [0.15, 0.2) is 5.82 Å². The van der Waals surface area contributed by atoms with Gasteiger partial charge in [-0.25, -0.2) is 14.4 Å². The number of hydrogen-bond donors (Lipinski definition) is 1. The third-order valence-corrected chi connectivity index (χ3v) is 5.97. The molecule has 7 heteroatoms. The van der Waals surface area contributed by atoms with Gasteiger partial charge in [0, 0.05) is 56.5 Å². The van der Waals surface area contributed by atoms with E-state index in [2.05, 4.69) is 37.9 Å². The van der Waals surface area contributed by atoms with Gasteiger partial charge in [-0.05, 0) is 61.0 Å². The molecule has 5 aromatic rings. The smallest absolute Gasteiger partial charge is 0.163 e. The van der Waals surface area contributed by atoms with Crippen LogP contribution in [0.25, 0.3) is 33.4 Å². The van der Waals surface area contributed by atoms with Crippen molar-refractivity contribution < 1.29 is 4.39 Å². The fourth-order valence-electron chi connectivity index (χ4n) is 3.63. The Morgan fingerprint density at radius 1 is 0.848 bits per heavy atom. The largest absolute Gasteiger partial charge is 0.340 e. The number of anilines is 2. The van der Waals surface area contributed by atoms with Crippen molar-refractivity contribution in [1.82, 2.24) is 19.9 Å². The van der Waals surface area contributed by atoms with Crippen molar-refractivity contribution in [3.8, 4) is 22.5 Å². The Morgan fingerprint density at radius 2 is 1.61 bits per heavy atom. The Morgan fingerprint density at radius 3 is 2.30 bits per heavy atom. The van der Waals surface area contributed by atoms with Crippen LogP contribution in [0.2, 0.25) is 0 Å². The quantitative estimate of drug-likeness (QED) is 0.187. The SMILES string of the molecule is C[C@H](I)c1cc(Nc2nc(-c3cccnc3)nc3cc(-c4cccnc4)ccc23)ccc1F. The summed E-state index contributed by atoms with van der Waals surface area (Å²) in [5.74, 6) is 0.994. The molecule has 0 radical (unpaired) electrons. The third kappa shape index (κ3) is 4.54. The second kappa shape index (κ2) is 9.19. The average molecular weight is 547 g/mol. The molecule has 0 saturated carbocycles. The number of rotatable bonds is 5. The van der Waals surface area contributed by atoms with Crippen molar-refractivity contribution >= 4 is 45.0 Å². The number of fused-ring (bicyclic) bond motifs is 1. The molecule has 0 aliphatic heterocycles. The van der Waals surface area contributed by atoms with E-state index in [1.807, 2.05) is 61.7 Å². The fourth-order valence-corrected chi connectivity index (χ4v) is 4.10. The molecule has 33 heavy (non-hydrogen) atoms. The van der Waals surface area contributed by atoms with E-state index >= 15 is 0 Å². The molecule has 0 bridgehead atoms. The number of alkyl halides is 1. The van der Waals surface area contributed by atoms with Crippen LogP contribution in [0.15, 0.2) is 85.5 Å². The number of nitrogens with one attached hydrogen (secondary N) is 1. The third-order valence-electron chi connectivity index (χ3n) is 5.30. The Kier molecular flexibility index (Phi) is 5.95. The molecular weight excluding hydrogens is 528 g/mol. The van der Waals surface area contributed by atoms with Gasteiger partial charge in [0.1, 0.15) is 11.6 Å². The molecule has 3 heterocycles. The van der Waals surface area contributed by atoms with Crippen molar-refractivity contribution in [2.24, 2.45) is 0 Å². The number of pyridine rings is 2. The zero-order valence-corrected chi connectivity index (χ0v) is 19.9. The normalized spacial score (nSPS) is 12.0. The van der Waals surface area contributed by atoms with Crippen molar-refractivity contribution in [1.29, 1.82) is 0 Å². The molecule has 0 aliphatic carbocycles. The van der Waals surface area contributed by atoms with E-state index in [1.54, 1.807) is 24.7 Å². The van der Waals surface area contributed by atoms with Gasteiger partial charge in [0.05, 0.1) is 5.52 Å². The van der Waals surface area contributed by atoms with E-state index in [4.69, 9.17) is 9.97 Å². The van der Waals surface area contributed by atoms with Crippen molar-refractivity contribution in [3.05, 3.63) is 96.8 Å². The van der Waals surface area contributed by atoms with Crippen LogP contribution in [0.3, 0.4) is 0 Å². The Bertz CT molecular complexity index is 1420. The van der Waals surface area contributed by atoms with E-state index in [0.717, 1.165) is 33.3 Å². The van der Waals surface area contributed by atoms with Crippen molar-refractivity contribution in [3.63, 3.8) is 0 Å². The number of hydrogen-bond acceptors (Lipinski definition) is 5. The molecule has 0 saturated heterocycles. The molecule has 5 rings (SSSR count). The number of aromatic nitrogens is 4. The molecule has 162 valence electrons. The zero-order chi connectivity index (χ0) is 22.8. The van der Waals surface area contributed by atoms with Crippen LogP contribution < -0.4 is 5.32 Å². The monoisotopic (exact) mass is 547 g/mol. The van der Waals surface area contributed by atoms with E-state index in [-0.39, 0.29) is 9.74 Å². The van der Waals surface area contributed by atoms with E-state index in [9.17, 15) is 4.39 Å². The lowest BCUT2D eigenvalue weighted by Crippen LogP contribution is -2.01. The van der Waals surface area contributed by atoms with Gasteiger partial charge in [0.25, 0.3) is 0 Å². The van der Waals surface area contributed by atoms with Gasteiger partial charge in [-0.1, -0.05) is 34.7 Å². The topological polar surface area (TPSA) is 63.6 Å². The maximum Gasteiger partial charge on any atom is 0.163 e. The van der Waals surface area contributed by atoms with Crippen LogP contribution in [-0.2, 0) is 0 Å². The minimum absolute atomic E-state index is 0.0412. The Hall–Kier alpha value is -3.46. The van der Waals surface area contributed by atoms with E-state index in [1.165, 1.54) is 6.07 Å². The maximum atomic E-state index is 14.2. The summed E-state index contributed by atoms with van der Waals surface area (Å²) in [6.07, 6.45) is 7.04. The summed E-state index contributed by atoms with van der Waals surface area (Å²) >= 11 is 2.21. The predicted molar refractivity (Wildman–Crippen MR) is 138 cm³/mol. The highest BCUT2D eigenvalue weighted by Crippen LogP contribution is 2.32. The van der Waals surface area contributed by atoms with Crippen LogP contribution in [-0.4, -0.2) is 19.9 Å². The van der Waals surface area contributed by atoms with Crippen LogP contribution in [0.4, 0.5) is 15.9 Å². The molecule has 0 spiro atoms. The summed E-state index contributed by atoms with van der Waals surface area (Å²) in [7, 11) is 0. The molecule has 3 aromatic heterocycles. The lowest BCUT2D eigenvalue weighted by molar-refractivity contribution is 0.613. The summed E-state index contributed by atoms with van der Waals surface area (Å²) in [5.41, 5.74) is 5.04. The lowest BCUT2D eigenvalue weighted by Gasteiger charge is -2.14. The highest BCUT2D eigenvalue weighted by Gasteiger charge is 2.14. The van der Waals surface area contributed by atoms with Gasteiger partial charge >= 0.3 is 0 Å². The second-order valence-corrected chi connectivity index (χ2v) is 9.46. The van der Waals surface area contributed by atoms with Crippen molar-refractivity contribution in [2.45, 2.75) is 10.8 Å². The number of benzene rings is 2. The van der Waals surface area contributed by atoms with Gasteiger partial charge in [-0.15, -0.1) is 0 Å². The first-order valence-electron chi connectivity index (χ1n) is 10.4. The van der Waals surface area contributed by atoms with Crippen LogP contribution in [0.1, 0.15) is 16.4 Å². The standard InChI is InChI=1S/C26H19FIN5/c1-16(28)22-13-20(7-9-23(22)27)31-26-21-8-6-17(18-4-2-10-29-14-18)12-24(21)32-25(33-26)19-5-3-11-30-15-19/h2-16H,1H3,(H,31,32,33)/t16-/m0/s1. The minimum atomic E-state index is -0.216. The van der Waals surface area contributed by atoms with Gasteiger partial charge < -0.3 is 5.32 Å². The van der Waals surface area contributed by atoms with Gasteiger partial charge in [-0.2, -0.15) is 0 Å². The summed E-state index contributed by atoms with van der Waals surface area (Å²) in [4.78, 5) is 18.1. The maximum absolute atomic E-state index is 14.2. The summed E-state index contributed by atoms with van der Waals surface area (Å²) in [6.45, 7) is 1.96. The molecule has 5 nitrogen and oxygen atoms in total. The molecule has 1 N–H and O–H groups in total. The highest BCUT2D eigenvalue weighted by atomic mass is 127. The molecule has 0 aliphatic rings. The first-order chi connectivity index (χ1) is 16.1. The molecular formula is C26H19FIN5. The van der Waals surface area contributed by atoms with E-state index in [0.29, 0.717) is 17.2 Å². The first-order valence-corrected chi connectivity index (χ1v) is 11.7. The molecule has 0 fully saturated rings. The molecule has 0 unspecified atom stereocenters. The first kappa shape index (κ1) is 21.4. The lowest BCUT2D eigenvalue weighted by atomic mass is 10.1. The average Bonchev–Trinajstić information content (AvgIpc) is 2.85. The van der Waals surface area contributed by atoms with Gasteiger partial charge in [0.2, 0.25) is 0 Å². The van der Waals surface area contributed by atoms with Gasteiger partial charge in [-0.3, -0.25) is 9.97 Å². The van der Waals surface area contributed by atoms with E-state index < -0.39 is 0 Å². The fraction of sp³-hybridized carbons (Fsp3) is 0.0769. The molecule has 2 aromatic carbocycles. The zero-order valence-electron chi connectivity index (χ0n) is 17.7. The summed E-state index contributed by atoms with van der Waals surface area (Å²) in [6, 6.07) is 18.8. The minimum Gasteiger partial charge on any atom is -0.340 e. The van der Waals surface area contributed by atoms with Crippen LogP contribution >= 0.6 is 22.6 Å². The predicted octanol–water partition coefficient (Wildman–Crippen LogP) is 7.13. The Balaban J connectivity index is 1.66. The van der Waals surface area contributed by atoms with Crippen LogP contribution in [0, 0.1) is 5.82 Å².